The van der Waals surface area contributed by atoms with Gasteiger partial charge in [-0.05, 0) is 55.0 Å². The number of fused-ring (bicyclic) bond motifs is 1. The molecule has 29 heavy (non-hydrogen) atoms. The van der Waals surface area contributed by atoms with E-state index in [1.165, 1.54) is 10.9 Å². The molecule has 6 heteroatoms. The van der Waals surface area contributed by atoms with Crippen molar-refractivity contribution in [3.05, 3.63) is 59.8 Å². The van der Waals surface area contributed by atoms with Crippen molar-refractivity contribution in [3.8, 4) is 11.5 Å². The molecule has 3 N–H and O–H groups in total. The molecule has 0 atom stereocenters. The Hall–Kier alpha value is -3.15. The van der Waals surface area contributed by atoms with Crippen molar-refractivity contribution in [3.63, 3.8) is 0 Å². The Morgan fingerprint density at radius 2 is 1.93 bits per heavy atom. The molecule has 0 saturated heterocycles. The molecule has 0 bridgehead atoms. The predicted molar refractivity (Wildman–Crippen MR) is 119 cm³/mol. The average Bonchev–Trinajstić information content (AvgIpc) is 3.16. The number of aliphatic imine (C=N–C) groups is 1. The molecule has 0 radical (unpaired) electrons. The molecule has 1 aromatic heterocycles. The molecular weight excluding hydrogens is 364 g/mol. The smallest absolute Gasteiger partial charge is 0.191 e. The lowest BCUT2D eigenvalue weighted by molar-refractivity contribution is 0.310. The van der Waals surface area contributed by atoms with Gasteiger partial charge in [-0.2, -0.15) is 0 Å². The minimum atomic E-state index is 0.625. The number of aryl methyl sites for hydroxylation is 1. The molecule has 0 saturated carbocycles. The molecule has 0 amide bonds. The number of hydrogen-bond donors (Lipinski definition) is 3. The van der Waals surface area contributed by atoms with Gasteiger partial charge < -0.3 is 25.1 Å². The van der Waals surface area contributed by atoms with Crippen LogP contribution in [0, 0.1) is 0 Å². The van der Waals surface area contributed by atoms with Crippen LogP contribution in [0.4, 0.5) is 0 Å². The lowest BCUT2D eigenvalue weighted by Gasteiger charge is -2.13. The number of ether oxygens (including phenoxy) is 2. The van der Waals surface area contributed by atoms with Gasteiger partial charge in [-0.3, -0.25) is 4.99 Å². The fourth-order valence-corrected chi connectivity index (χ4v) is 3.27. The first-order valence-corrected chi connectivity index (χ1v) is 10.0. The van der Waals surface area contributed by atoms with Crippen LogP contribution in [0.5, 0.6) is 11.5 Å². The molecule has 2 aromatic carbocycles. The van der Waals surface area contributed by atoms with Crippen LogP contribution in [-0.4, -0.2) is 38.3 Å². The highest BCUT2D eigenvalue weighted by molar-refractivity contribution is 5.81. The Morgan fingerprint density at radius 1 is 1.07 bits per heavy atom. The number of guanidine groups is 1. The largest absolute Gasteiger partial charge is 0.493 e. The molecule has 0 aliphatic heterocycles. The first-order chi connectivity index (χ1) is 14.2. The van der Waals surface area contributed by atoms with E-state index in [2.05, 4.69) is 50.9 Å². The first kappa shape index (κ1) is 20.6. The van der Waals surface area contributed by atoms with Crippen LogP contribution in [0.15, 0.2) is 53.5 Å². The number of para-hydroxylation sites is 1. The number of methoxy groups -OCH3 is 1. The summed E-state index contributed by atoms with van der Waals surface area (Å²) in [5.74, 6) is 2.37. The summed E-state index contributed by atoms with van der Waals surface area (Å²) in [5.41, 5.74) is 3.52. The summed E-state index contributed by atoms with van der Waals surface area (Å²) in [5, 5.41) is 7.95. The molecule has 0 aliphatic carbocycles. The van der Waals surface area contributed by atoms with Crippen molar-refractivity contribution >= 4 is 16.9 Å². The fraction of sp³-hybridized carbons (Fsp3) is 0.348. The zero-order valence-electron chi connectivity index (χ0n) is 17.4. The first-order valence-electron chi connectivity index (χ1n) is 10.0. The van der Waals surface area contributed by atoms with E-state index < -0.39 is 0 Å². The van der Waals surface area contributed by atoms with Crippen molar-refractivity contribution in [1.82, 2.24) is 15.6 Å². The average molecular weight is 395 g/mol. The Morgan fingerprint density at radius 3 is 2.69 bits per heavy atom. The summed E-state index contributed by atoms with van der Waals surface area (Å²) in [6.45, 7) is 4.14. The zero-order valence-corrected chi connectivity index (χ0v) is 17.4. The lowest BCUT2D eigenvalue weighted by Crippen LogP contribution is -2.37. The highest BCUT2D eigenvalue weighted by Crippen LogP contribution is 2.28. The number of nitrogens with one attached hydrogen (secondary N) is 3. The molecule has 0 unspecified atom stereocenters. The Bertz CT molecular complexity index is 916. The molecule has 0 spiro atoms. The molecule has 0 aliphatic rings. The predicted octanol–water partition coefficient (Wildman–Crippen LogP) is 3.87. The third-order valence-electron chi connectivity index (χ3n) is 4.72. The minimum absolute atomic E-state index is 0.625. The van der Waals surface area contributed by atoms with Gasteiger partial charge in [0.1, 0.15) is 0 Å². The normalized spacial score (nSPS) is 11.5. The van der Waals surface area contributed by atoms with Crippen LogP contribution in [0.25, 0.3) is 10.9 Å². The highest BCUT2D eigenvalue weighted by atomic mass is 16.5. The van der Waals surface area contributed by atoms with Crippen LogP contribution in [0.1, 0.15) is 24.6 Å². The van der Waals surface area contributed by atoms with E-state index in [-0.39, 0.29) is 0 Å². The van der Waals surface area contributed by atoms with Gasteiger partial charge in [-0.25, -0.2) is 0 Å². The van der Waals surface area contributed by atoms with Crippen molar-refractivity contribution in [2.45, 2.75) is 26.3 Å². The van der Waals surface area contributed by atoms with Gasteiger partial charge in [0.15, 0.2) is 17.5 Å². The summed E-state index contributed by atoms with van der Waals surface area (Å²) in [7, 11) is 3.45. The SMILES string of the molecule is CCOc1cc(CCCNC(=NC)NCc2cc3ccccc3[nH]2)ccc1OC. The molecule has 3 aromatic rings. The van der Waals surface area contributed by atoms with Gasteiger partial charge in [0, 0.05) is 24.8 Å². The van der Waals surface area contributed by atoms with E-state index in [0.29, 0.717) is 13.2 Å². The quantitative estimate of drug-likeness (QED) is 0.293. The summed E-state index contributed by atoms with van der Waals surface area (Å²) in [6, 6.07) is 16.6. The second kappa shape index (κ2) is 10.4. The number of rotatable bonds is 9. The maximum absolute atomic E-state index is 5.65. The Balaban J connectivity index is 1.44. The Labute approximate surface area is 172 Å². The minimum Gasteiger partial charge on any atom is -0.493 e. The van der Waals surface area contributed by atoms with Crippen molar-refractivity contribution in [1.29, 1.82) is 0 Å². The maximum atomic E-state index is 5.65. The van der Waals surface area contributed by atoms with Crippen molar-refractivity contribution < 1.29 is 9.47 Å². The fourth-order valence-electron chi connectivity index (χ4n) is 3.27. The van der Waals surface area contributed by atoms with Gasteiger partial charge in [0.2, 0.25) is 0 Å². The third kappa shape index (κ3) is 5.67. The van der Waals surface area contributed by atoms with Gasteiger partial charge in [-0.15, -0.1) is 0 Å². The summed E-state index contributed by atoms with van der Waals surface area (Å²) in [4.78, 5) is 7.73. The van der Waals surface area contributed by atoms with E-state index >= 15 is 0 Å². The van der Waals surface area contributed by atoms with E-state index in [1.54, 1.807) is 14.2 Å². The van der Waals surface area contributed by atoms with Crippen LogP contribution in [0.3, 0.4) is 0 Å². The number of aromatic nitrogens is 1. The second-order valence-electron chi connectivity index (χ2n) is 6.76. The van der Waals surface area contributed by atoms with Crippen LogP contribution < -0.4 is 20.1 Å². The van der Waals surface area contributed by atoms with Crippen molar-refractivity contribution in [2.24, 2.45) is 4.99 Å². The second-order valence-corrected chi connectivity index (χ2v) is 6.76. The van der Waals surface area contributed by atoms with E-state index in [4.69, 9.17) is 9.47 Å². The van der Waals surface area contributed by atoms with Gasteiger partial charge in [0.25, 0.3) is 0 Å². The molecule has 1 heterocycles. The van der Waals surface area contributed by atoms with Gasteiger partial charge >= 0.3 is 0 Å². The topological polar surface area (TPSA) is 70.7 Å². The van der Waals surface area contributed by atoms with Crippen LogP contribution >= 0.6 is 0 Å². The van der Waals surface area contributed by atoms with Crippen LogP contribution in [-0.2, 0) is 13.0 Å². The summed E-state index contributed by atoms with van der Waals surface area (Å²) >= 11 is 0. The number of nitrogens with zero attached hydrogens (tertiary/aromatic N) is 1. The summed E-state index contributed by atoms with van der Waals surface area (Å²) < 4.78 is 11.0. The zero-order chi connectivity index (χ0) is 20.5. The molecule has 0 fully saturated rings. The molecule has 6 nitrogen and oxygen atoms in total. The van der Waals surface area contributed by atoms with Crippen LogP contribution in [0.2, 0.25) is 0 Å². The molecule has 3 rings (SSSR count). The molecule has 154 valence electrons. The van der Waals surface area contributed by atoms with Gasteiger partial charge in [0.05, 0.1) is 20.3 Å². The van der Waals surface area contributed by atoms with E-state index in [0.717, 1.165) is 48.1 Å². The Kier molecular flexibility index (Phi) is 7.39. The van der Waals surface area contributed by atoms with E-state index in [1.807, 2.05) is 25.1 Å². The lowest BCUT2D eigenvalue weighted by atomic mass is 10.1. The van der Waals surface area contributed by atoms with Gasteiger partial charge in [-0.1, -0.05) is 24.3 Å². The highest BCUT2D eigenvalue weighted by Gasteiger charge is 2.06. The molecular formula is C23H30N4O2. The third-order valence-corrected chi connectivity index (χ3v) is 4.72. The van der Waals surface area contributed by atoms with E-state index in [9.17, 15) is 0 Å². The number of benzene rings is 2. The maximum Gasteiger partial charge on any atom is 0.191 e. The number of hydrogen-bond acceptors (Lipinski definition) is 3. The number of aromatic amines is 1. The van der Waals surface area contributed by atoms with Crippen molar-refractivity contribution in [2.75, 3.05) is 27.3 Å². The monoisotopic (exact) mass is 394 g/mol. The number of H-pyrrole nitrogens is 1. The summed E-state index contributed by atoms with van der Waals surface area (Å²) in [6.07, 6.45) is 1.95. The standard InChI is InChI=1S/C23H30N4O2/c1-4-29-22-14-17(11-12-21(22)28-3)8-7-13-25-23(24-2)26-16-19-15-18-9-5-6-10-20(18)27-19/h5-6,9-12,14-15,27H,4,7-8,13,16H2,1-3H3,(H2,24,25,26).